The van der Waals surface area contributed by atoms with Crippen molar-refractivity contribution in [3.63, 3.8) is 0 Å². The molecule has 4 rings (SSSR count). The molecule has 2 N–H and O–H groups in total. The van der Waals surface area contributed by atoms with Gasteiger partial charge < -0.3 is 14.8 Å². The molecule has 0 unspecified atom stereocenters. The number of anilines is 1. The van der Waals surface area contributed by atoms with Gasteiger partial charge in [-0.25, -0.2) is 0 Å². The molecule has 0 fully saturated rings. The van der Waals surface area contributed by atoms with E-state index < -0.39 is 0 Å². The maximum atomic E-state index is 12.7. The molecule has 0 aliphatic carbocycles. The van der Waals surface area contributed by atoms with Crippen molar-refractivity contribution in [3.8, 4) is 22.8 Å². The van der Waals surface area contributed by atoms with Gasteiger partial charge >= 0.3 is 0 Å². The van der Waals surface area contributed by atoms with Gasteiger partial charge in [0.1, 0.15) is 5.69 Å². The third kappa shape index (κ3) is 3.34. The predicted octanol–water partition coefficient (Wildman–Crippen LogP) is 4.93. The Labute approximate surface area is 165 Å². The van der Waals surface area contributed by atoms with Crippen LogP contribution in [0, 0.1) is 0 Å². The summed E-state index contributed by atoms with van der Waals surface area (Å²) >= 11 is 12.0. The number of nitrogens with zero attached hydrogens (tertiary/aromatic N) is 1. The lowest BCUT2D eigenvalue weighted by Gasteiger charge is -2.09. The van der Waals surface area contributed by atoms with Crippen LogP contribution in [0.4, 0.5) is 5.69 Å². The number of fused-ring (bicyclic) bond motifs is 1. The summed E-state index contributed by atoms with van der Waals surface area (Å²) in [6.45, 7) is 2.17. The normalized spacial score (nSPS) is 12.3. The monoisotopic (exact) mass is 403 g/mol. The van der Waals surface area contributed by atoms with Gasteiger partial charge in [-0.15, -0.1) is 0 Å². The van der Waals surface area contributed by atoms with E-state index >= 15 is 0 Å². The summed E-state index contributed by atoms with van der Waals surface area (Å²) < 4.78 is 10.8. The van der Waals surface area contributed by atoms with Crippen LogP contribution in [0.1, 0.15) is 23.0 Å². The van der Waals surface area contributed by atoms with E-state index in [1.807, 2.05) is 25.1 Å². The Kier molecular flexibility index (Phi) is 4.68. The molecule has 0 spiro atoms. The SMILES string of the molecule is CCc1[nH]nc(-c2ccc3c(c2)OCO3)c1NC(=O)c1ccc(Cl)c(Cl)c1. The summed E-state index contributed by atoms with van der Waals surface area (Å²) in [6, 6.07) is 10.3. The molecular weight excluding hydrogens is 389 g/mol. The molecular formula is C19H15Cl2N3O3. The van der Waals surface area contributed by atoms with Crippen LogP contribution in [0.2, 0.25) is 10.0 Å². The number of aromatic amines is 1. The van der Waals surface area contributed by atoms with Crippen molar-refractivity contribution in [3.05, 3.63) is 57.7 Å². The zero-order chi connectivity index (χ0) is 19.0. The first-order chi connectivity index (χ1) is 13.1. The Morgan fingerprint density at radius 3 is 2.74 bits per heavy atom. The number of hydrogen-bond acceptors (Lipinski definition) is 4. The van der Waals surface area contributed by atoms with E-state index in [1.165, 1.54) is 6.07 Å². The Morgan fingerprint density at radius 1 is 1.15 bits per heavy atom. The molecule has 1 aliphatic rings. The van der Waals surface area contributed by atoms with Crippen LogP contribution >= 0.6 is 23.2 Å². The highest BCUT2D eigenvalue weighted by atomic mass is 35.5. The van der Waals surface area contributed by atoms with Crippen LogP contribution in [0.25, 0.3) is 11.3 Å². The molecule has 0 saturated heterocycles. The number of H-pyrrole nitrogens is 1. The molecule has 1 aliphatic heterocycles. The summed E-state index contributed by atoms with van der Waals surface area (Å²) in [6.07, 6.45) is 0.675. The molecule has 27 heavy (non-hydrogen) atoms. The number of carbonyl (C=O) groups excluding carboxylic acids is 1. The van der Waals surface area contributed by atoms with E-state index in [-0.39, 0.29) is 12.7 Å². The Morgan fingerprint density at radius 2 is 1.96 bits per heavy atom. The molecule has 138 valence electrons. The van der Waals surface area contributed by atoms with Crippen molar-refractivity contribution in [2.45, 2.75) is 13.3 Å². The zero-order valence-electron chi connectivity index (χ0n) is 14.3. The molecule has 0 radical (unpaired) electrons. The number of aromatic nitrogens is 2. The first kappa shape index (κ1) is 17.7. The molecule has 0 atom stereocenters. The lowest BCUT2D eigenvalue weighted by atomic mass is 10.1. The van der Waals surface area contributed by atoms with Gasteiger partial charge in [0.15, 0.2) is 11.5 Å². The lowest BCUT2D eigenvalue weighted by molar-refractivity contribution is 0.102. The van der Waals surface area contributed by atoms with Crippen molar-refractivity contribution >= 4 is 34.8 Å². The van der Waals surface area contributed by atoms with E-state index in [1.54, 1.807) is 12.1 Å². The quantitative estimate of drug-likeness (QED) is 0.647. The molecule has 0 saturated carbocycles. The van der Waals surface area contributed by atoms with Crippen molar-refractivity contribution in [1.82, 2.24) is 10.2 Å². The highest BCUT2D eigenvalue weighted by Crippen LogP contribution is 2.38. The minimum atomic E-state index is -0.299. The Hall–Kier alpha value is -2.70. The number of halogens is 2. The number of carbonyl (C=O) groups is 1. The number of aryl methyl sites for hydroxylation is 1. The highest BCUT2D eigenvalue weighted by molar-refractivity contribution is 6.42. The summed E-state index contributed by atoms with van der Waals surface area (Å²) in [4.78, 5) is 12.7. The molecule has 1 aromatic heterocycles. The first-order valence-corrected chi connectivity index (χ1v) is 9.06. The molecule has 1 amide bonds. The average Bonchev–Trinajstić information content (AvgIpc) is 3.29. The van der Waals surface area contributed by atoms with Crippen LogP contribution in [0.5, 0.6) is 11.5 Å². The highest BCUT2D eigenvalue weighted by Gasteiger charge is 2.20. The van der Waals surface area contributed by atoms with Crippen molar-refractivity contribution in [2.24, 2.45) is 0 Å². The van der Waals surface area contributed by atoms with Crippen LogP contribution in [-0.2, 0) is 6.42 Å². The number of benzene rings is 2. The van der Waals surface area contributed by atoms with Crippen molar-refractivity contribution in [2.75, 3.05) is 12.1 Å². The lowest BCUT2D eigenvalue weighted by Crippen LogP contribution is -2.13. The second-order valence-electron chi connectivity index (χ2n) is 5.93. The van der Waals surface area contributed by atoms with Gasteiger partial charge in [0.2, 0.25) is 6.79 Å². The van der Waals surface area contributed by atoms with Gasteiger partial charge in [-0.3, -0.25) is 9.89 Å². The second-order valence-corrected chi connectivity index (χ2v) is 6.74. The third-order valence-corrected chi connectivity index (χ3v) is 5.00. The van der Waals surface area contributed by atoms with Crippen LogP contribution in [-0.4, -0.2) is 22.9 Å². The fourth-order valence-electron chi connectivity index (χ4n) is 2.84. The van der Waals surface area contributed by atoms with Crippen LogP contribution < -0.4 is 14.8 Å². The van der Waals surface area contributed by atoms with Crippen LogP contribution in [0.3, 0.4) is 0 Å². The molecule has 6 nitrogen and oxygen atoms in total. The van der Waals surface area contributed by atoms with Gasteiger partial charge in [0.25, 0.3) is 5.91 Å². The van der Waals surface area contributed by atoms with E-state index in [0.717, 1.165) is 11.3 Å². The van der Waals surface area contributed by atoms with Gasteiger partial charge in [0.05, 0.1) is 21.4 Å². The molecule has 8 heteroatoms. The number of ether oxygens (including phenoxy) is 2. The molecule has 3 aromatic rings. The number of amides is 1. The Bertz CT molecular complexity index is 1030. The maximum Gasteiger partial charge on any atom is 0.255 e. The smallest absolute Gasteiger partial charge is 0.255 e. The summed E-state index contributed by atoms with van der Waals surface area (Å²) in [5.41, 5.74) is 3.27. The van der Waals surface area contributed by atoms with Gasteiger partial charge in [-0.05, 0) is 42.8 Å². The average molecular weight is 404 g/mol. The standard InChI is InChI=1S/C19H15Cl2N3O3/c1-2-14-18(22-19(25)11-3-5-12(20)13(21)7-11)17(24-23-14)10-4-6-15-16(8-10)27-9-26-15/h3-8H,2,9H2,1H3,(H,22,25)(H,23,24). The Balaban J connectivity index is 1.69. The van der Waals surface area contributed by atoms with E-state index in [4.69, 9.17) is 32.7 Å². The number of rotatable bonds is 4. The van der Waals surface area contributed by atoms with E-state index in [0.29, 0.717) is 44.9 Å². The van der Waals surface area contributed by atoms with E-state index in [9.17, 15) is 4.79 Å². The number of hydrogen-bond donors (Lipinski definition) is 2. The number of nitrogens with one attached hydrogen (secondary N) is 2. The molecule has 2 heterocycles. The second kappa shape index (κ2) is 7.13. The predicted molar refractivity (Wildman–Crippen MR) is 104 cm³/mol. The third-order valence-electron chi connectivity index (χ3n) is 4.26. The fourth-order valence-corrected chi connectivity index (χ4v) is 3.14. The van der Waals surface area contributed by atoms with E-state index in [2.05, 4.69) is 15.5 Å². The minimum absolute atomic E-state index is 0.195. The van der Waals surface area contributed by atoms with Gasteiger partial charge in [0, 0.05) is 11.1 Å². The van der Waals surface area contributed by atoms with Gasteiger partial charge in [-0.2, -0.15) is 5.10 Å². The fraction of sp³-hybridized carbons (Fsp3) is 0.158. The summed E-state index contributed by atoms with van der Waals surface area (Å²) in [5, 5.41) is 11.0. The maximum absolute atomic E-state index is 12.7. The topological polar surface area (TPSA) is 76.2 Å². The van der Waals surface area contributed by atoms with Crippen LogP contribution in [0.15, 0.2) is 36.4 Å². The first-order valence-electron chi connectivity index (χ1n) is 8.30. The zero-order valence-corrected chi connectivity index (χ0v) is 15.8. The minimum Gasteiger partial charge on any atom is -0.454 e. The van der Waals surface area contributed by atoms with Crippen molar-refractivity contribution in [1.29, 1.82) is 0 Å². The molecule has 0 bridgehead atoms. The van der Waals surface area contributed by atoms with Gasteiger partial charge in [-0.1, -0.05) is 30.1 Å². The molecule has 2 aromatic carbocycles. The van der Waals surface area contributed by atoms with Crippen molar-refractivity contribution < 1.29 is 14.3 Å². The largest absolute Gasteiger partial charge is 0.454 e. The summed E-state index contributed by atoms with van der Waals surface area (Å²) in [5.74, 6) is 1.04. The summed E-state index contributed by atoms with van der Waals surface area (Å²) in [7, 11) is 0.